The predicted molar refractivity (Wildman–Crippen MR) is 145 cm³/mol. The molecule has 0 aliphatic carbocycles. The number of phenolic OH excluding ortho intramolecular Hbond substituents is 1. The van der Waals surface area contributed by atoms with Crippen LogP contribution >= 0.6 is 0 Å². The number of amides is 1. The van der Waals surface area contributed by atoms with Crippen LogP contribution in [-0.2, 0) is 26.1 Å². The van der Waals surface area contributed by atoms with Crippen LogP contribution in [0.4, 0.5) is 0 Å². The first-order chi connectivity index (χ1) is 18.1. The van der Waals surface area contributed by atoms with Gasteiger partial charge >= 0.3 is 0 Å². The molecular formula is C28H32N4O5S. The van der Waals surface area contributed by atoms with Gasteiger partial charge in [0.05, 0.1) is 17.2 Å². The summed E-state index contributed by atoms with van der Waals surface area (Å²) in [6.07, 6.45) is 3.93. The summed E-state index contributed by atoms with van der Waals surface area (Å²) in [6, 6.07) is 16.6. The molecule has 0 aliphatic heterocycles. The van der Waals surface area contributed by atoms with Crippen molar-refractivity contribution in [1.82, 2.24) is 18.6 Å². The Hall–Kier alpha value is -3.73. The van der Waals surface area contributed by atoms with Crippen molar-refractivity contribution >= 4 is 21.6 Å². The van der Waals surface area contributed by atoms with E-state index in [0.717, 1.165) is 22.5 Å². The molecule has 1 amide bonds. The van der Waals surface area contributed by atoms with E-state index >= 15 is 0 Å². The minimum atomic E-state index is -3.77. The topological polar surface area (TPSA) is 104 Å². The zero-order valence-corrected chi connectivity index (χ0v) is 22.8. The molecule has 4 rings (SSSR count). The van der Waals surface area contributed by atoms with E-state index < -0.39 is 10.0 Å². The number of aromatic hydroxyl groups is 1. The number of ether oxygens (including phenoxy) is 1. The van der Waals surface area contributed by atoms with Gasteiger partial charge in [0.25, 0.3) is 0 Å². The number of rotatable bonds is 10. The number of pyridine rings is 1. The van der Waals surface area contributed by atoms with E-state index in [9.17, 15) is 18.3 Å². The third kappa shape index (κ3) is 6.04. The Morgan fingerprint density at radius 2 is 1.74 bits per heavy atom. The lowest BCUT2D eigenvalue weighted by Crippen LogP contribution is -2.33. The van der Waals surface area contributed by atoms with E-state index in [4.69, 9.17) is 4.74 Å². The van der Waals surface area contributed by atoms with E-state index in [-0.39, 0.29) is 36.3 Å². The molecule has 0 unspecified atom stereocenters. The van der Waals surface area contributed by atoms with Gasteiger partial charge in [0, 0.05) is 45.1 Å². The molecular weight excluding hydrogens is 504 g/mol. The van der Waals surface area contributed by atoms with Crippen LogP contribution in [0.5, 0.6) is 5.75 Å². The molecule has 2 heterocycles. The highest BCUT2D eigenvalue weighted by Gasteiger charge is 2.25. The quantitative estimate of drug-likeness (QED) is 0.311. The summed E-state index contributed by atoms with van der Waals surface area (Å²) < 4.78 is 34.6. The lowest BCUT2D eigenvalue weighted by atomic mass is 10.1. The average molecular weight is 537 g/mol. The van der Waals surface area contributed by atoms with E-state index in [1.54, 1.807) is 25.8 Å². The molecule has 4 aromatic rings. The number of fused-ring (bicyclic) bond motifs is 1. The molecule has 200 valence electrons. The number of aryl methyl sites for hydroxylation is 2. The summed E-state index contributed by atoms with van der Waals surface area (Å²) in [7, 11) is -0.596. The maximum Gasteiger partial charge on any atom is 0.248 e. The van der Waals surface area contributed by atoms with Crippen LogP contribution in [0.1, 0.15) is 16.7 Å². The number of sulfonamides is 1. The smallest absolute Gasteiger partial charge is 0.248 e. The highest BCUT2D eigenvalue weighted by atomic mass is 32.2. The first kappa shape index (κ1) is 27.3. The molecule has 0 spiro atoms. The third-order valence-electron chi connectivity index (χ3n) is 6.35. The molecule has 2 aromatic heterocycles. The Morgan fingerprint density at radius 1 is 1.05 bits per heavy atom. The monoisotopic (exact) mass is 536 g/mol. The Labute approximate surface area is 223 Å². The molecule has 0 atom stereocenters. The van der Waals surface area contributed by atoms with Gasteiger partial charge in [-0.1, -0.05) is 30.3 Å². The van der Waals surface area contributed by atoms with Gasteiger partial charge in [-0.15, -0.1) is 0 Å². The second-order valence-electron chi connectivity index (χ2n) is 9.33. The summed E-state index contributed by atoms with van der Waals surface area (Å²) >= 11 is 0. The van der Waals surface area contributed by atoms with Crippen LogP contribution in [0.3, 0.4) is 0 Å². The number of aromatic nitrogens is 2. The molecule has 9 nitrogen and oxygen atoms in total. The van der Waals surface area contributed by atoms with Crippen molar-refractivity contribution in [3.05, 3.63) is 83.7 Å². The molecule has 10 heteroatoms. The van der Waals surface area contributed by atoms with Gasteiger partial charge in [-0.05, 0) is 54.8 Å². The predicted octanol–water partition coefficient (Wildman–Crippen LogP) is 3.62. The Kier molecular flexibility index (Phi) is 8.15. The maximum absolute atomic E-state index is 13.0. The van der Waals surface area contributed by atoms with Crippen molar-refractivity contribution in [2.45, 2.75) is 25.3 Å². The Balaban J connectivity index is 1.26. The molecule has 0 saturated heterocycles. The van der Waals surface area contributed by atoms with Crippen molar-refractivity contribution in [3.8, 4) is 17.0 Å². The standard InChI is InChI=1S/C28H32N4O5S/c1-20-15-24(33)16-21(2)28(20)38(35,36)31(4)13-14-37-19-27(34)30(3)17-22-8-10-23(11-9-22)25-18-32-12-6-5-7-26(32)29-25/h5-12,15-16,18,33H,13-14,17,19H2,1-4H3. The number of benzene rings is 2. The molecule has 0 radical (unpaired) electrons. The summed E-state index contributed by atoms with van der Waals surface area (Å²) in [6.45, 7) is 3.71. The van der Waals surface area contributed by atoms with E-state index in [2.05, 4.69) is 4.98 Å². The summed E-state index contributed by atoms with van der Waals surface area (Å²) in [5.41, 5.74) is 4.66. The highest BCUT2D eigenvalue weighted by Crippen LogP contribution is 2.27. The molecule has 0 saturated carbocycles. The Morgan fingerprint density at radius 3 is 2.39 bits per heavy atom. The number of likely N-dealkylation sites (N-methyl/N-ethyl adjacent to an activating group) is 2. The molecule has 38 heavy (non-hydrogen) atoms. The lowest BCUT2D eigenvalue weighted by Gasteiger charge is -2.21. The fourth-order valence-corrected chi connectivity index (χ4v) is 5.85. The number of imidazole rings is 1. The van der Waals surface area contributed by atoms with Crippen LogP contribution in [0.2, 0.25) is 0 Å². The number of nitrogens with zero attached hydrogens (tertiary/aromatic N) is 4. The van der Waals surface area contributed by atoms with E-state index in [1.165, 1.54) is 23.5 Å². The van der Waals surface area contributed by atoms with Crippen LogP contribution in [0.15, 0.2) is 71.9 Å². The molecule has 0 aliphatic rings. The largest absolute Gasteiger partial charge is 0.508 e. The second kappa shape index (κ2) is 11.3. The number of hydrogen-bond donors (Lipinski definition) is 1. The lowest BCUT2D eigenvalue weighted by molar-refractivity contribution is -0.135. The highest BCUT2D eigenvalue weighted by molar-refractivity contribution is 7.89. The van der Waals surface area contributed by atoms with Gasteiger partial charge in [0.15, 0.2) is 0 Å². The second-order valence-corrected chi connectivity index (χ2v) is 11.3. The molecule has 0 fully saturated rings. The van der Waals surface area contributed by atoms with Crippen molar-refractivity contribution in [1.29, 1.82) is 0 Å². The number of carbonyl (C=O) groups excluding carboxylic acids is 1. The summed E-state index contributed by atoms with van der Waals surface area (Å²) in [4.78, 5) is 18.9. The third-order valence-corrected chi connectivity index (χ3v) is 8.51. The Bertz CT molecular complexity index is 1490. The van der Waals surface area contributed by atoms with Crippen LogP contribution in [0, 0.1) is 13.8 Å². The van der Waals surface area contributed by atoms with Crippen LogP contribution in [0.25, 0.3) is 16.9 Å². The fourth-order valence-electron chi connectivity index (χ4n) is 4.29. The van der Waals surface area contributed by atoms with Gasteiger partial charge in [0.1, 0.15) is 18.0 Å². The van der Waals surface area contributed by atoms with Gasteiger partial charge < -0.3 is 19.1 Å². The van der Waals surface area contributed by atoms with Gasteiger partial charge in [-0.25, -0.2) is 13.4 Å². The SMILES string of the molecule is Cc1cc(O)cc(C)c1S(=O)(=O)N(C)CCOCC(=O)N(C)Cc1ccc(-c2cn3ccccc3n2)cc1. The summed E-state index contributed by atoms with van der Waals surface area (Å²) in [5, 5.41) is 9.70. The number of carbonyl (C=O) groups is 1. The minimum Gasteiger partial charge on any atom is -0.508 e. The van der Waals surface area contributed by atoms with Crippen molar-refractivity contribution in [2.24, 2.45) is 0 Å². The van der Waals surface area contributed by atoms with Gasteiger partial charge in [-0.3, -0.25) is 4.79 Å². The zero-order valence-electron chi connectivity index (χ0n) is 22.0. The van der Waals surface area contributed by atoms with Crippen LogP contribution < -0.4 is 0 Å². The summed E-state index contributed by atoms with van der Waals surface area (Å²) in [5.74, 6) is -0.180. The van der Waals surface area contributed by atoms with Crippen molar-refractivity contribution in [3.63, 3.8) is 0 Å². The van der Waals surface area contributed by atoms with Gasteiger partial charge in [0.2, 0.25) is 15.9 Å². The first-order valence-electron chi connectivity index (χ1n) is 12.2. The fraction of sp³-hybridized carbons (Fsp3) is 0.286. The first-order valence-corrected chi connectivity index (χ1v) is 13.6. The molecule has 2 aromatic carbocycles. The van der Waals surface area contributed by atoms with Crippen molar-refractivity contribution in [2.75, 3.05) is 33.9 Å². The zero-order chi connectivity index (χ0) is 27.4. The molecule has 0 bridgehead atoms. The normalized spacial score (nSPS) is 11.8. The van der Waals surface area contributed by atoms with E-state index in [0.29, 0.717) is 17.7 Å². The maximum atomic E-state index is 13.0. The molecule has 1 N–H and O–H groups in total. The van der Waals surface area contributed by atoms with Crippen molar-refractivity contribution < 1.29 is 23.1 Å². The van der Waals surface area contributed by atoms with Crippen LogP contribution in [-0.4, -0.2) is 71.9 Å². The number of phenols is 1. The average Bonchev–Trinajstić information content (AvgIpc) is 3.30. The van der Waals surface area contributed by atoms with E-state index in [1.807, 2.05) is 59.3 Å². The minimum absolute atomic E-state index is 0.0234. The number of hydrogen-bond acceptors (Lipinski definition) is 6. The van der Waals surface area contributed by atoms with Gasteiger partial charge in [-0.2, -0.15) is 4.31 Å².